The van der Waals surface area contributed by atoms with Gasteiger partial charge in [0.1, 0.15) is 5.76 Å². The smallest absolute Gasteiger partial charge is 0.252 e. The predicted octanol–water partition coefficient (Wildman–Crippen LogP) is 2.48. The molecule has 106 valence electrons. The first kappa shape index (κ1) is 13.2. The van der Waals surface area contributed by atoms with Crippen molar-refractivity contribution in [3.05, 3.63) is 57.4 Å². The third-order valence-corrected chi connectivity index (χ3v) is 3.86. The van der Waals surface area contributed by atoms with Crippen molar-refractivity contribution >= 4 is 0 Å². The van der Waals surface area contributed by atoms with Gasteiger partial charge in [0.25, 0.3) is 5.56 Å². The average molecular weight is 272 g/mol. The minimum Gasteiger partial charge on any atom is -0.468 e. The molecule has 0 amide bonds. The van der Waals surface area contributed by atoms with E-state index in [1.54, 1.807) is 6.26 Å². The molecule has 0 spiro atoms. The van der Waals surface area contributed by atoms with E-state index in [-0.39, 0.29) is 5.56 Å². The van der Waals surface area contributed by atoms with E-state index >= 15 is 0 Å². The van der Waals surface area contributed by atoms with E-state index in [2.05, 4.69) is 16.0 Å². The molecule has 4 heteroatoms. The van der Waals surface area contributed by atoms with Crippen molar-refractivity contribution in [3.63, 3.8) is 0 Å². The van der Waals surface area contributed by atoms with Gasteiger partial charge in [0.05, 0.1) is 12.8 Å². The largest absolute Gasteiger partial charge is 0.468 e. The number of rotatable bonds is 4. The average Bonchev–Trinajstić information content (AvgIpc) is 2.92. The summed E-state index contributed by atoms with van der Waals surface area (Å²) in [6.45, 7) is 1.35. The molecule has 2 aromatic heterocycles. The molecule has 20 heavy (non-hydrogen) atoms. The second kappa shape index (κ2) is 5.67. The summed E-state index contributed by atoms with van der Waals surface area (Å²) in [6.07, 6.45) is 6.17. The highest BCUT2D eigenvalue weighted by Crippen LogP contribution is 2.19. The quantitative estimate of drug-likeness (QED) is 0.930. The normalized spacial score (nSPS) is 14.5. The molecule has 1 aliphatic carbocycles. The number of hydrogen-bond donors (Lipinski definition) is 1. The molecule has 0 atom stereocenters. The Kier molecular flexibility index (Phi) is 3.74. The van der Waals surface area contributed by atoms with Gasteiger partial charge in [-0.25, -0.2) is 0 Å². The van der Waals surface area contributed by atoms with Gasteiger partial charge in [0.15, 0.2) is 0 Å². The van der Waals surface area contributed by atoms with Crippen LogP contribution in [0.4, 0.5) is 0 Å². The van der Waals surface area contributed by atoms with E-state index in [1.807, 2.05) is 19.2 Å². The van der Waals surface area contributed by atoms with Gasteiger partial charge in [-0.15, -0.1) is 0 Å². The van der Waals surface area contributed by atoms with Crippen LogP contribution in [0.15, 0.2) is 33.7 Å². The second-order valence-electron chi connectivity index (χ2n) is 5.59. The number of nitrogens with one attached hydrogen (secondary N) is 1. The maximum Gasteiger partial charge on any atom is 0.252 e. The molecule has 4 nitrogen and oxygen atoms in total. The van der Waals surface area contributed by atoms with Gasteiger partial charge in [0.2, 0.25) is 0 Å². The Morgan fingerprint density at radius 1 is 1.30 bits per heavy atom. The first-order chi connectivity index (χ1) is 9.72. The van der Waals surface area contributed by atoms with Crippen LogP contribution < -0.4 is 5.56 Å². The fraction of sp³-hybridized carbons (Fsp3) is 0.438. The molecular formula is C16H20N2O2. The Labute approximate surface area is 118 Å². The third kappa shape index (κ3) is 2.85. The maximum atomic E-state index is 12.1. The van der Waals surface area contributed by atoms with Gasteiger partial charge < -0.3 is 9.40 Å². The van der Waals surface area contributed by atoms with Crippen LogP contribution in [0, 0.1) is 0 Å². The summed E-state index contributed by atoms with van der Waals surface area (Å²) in [5, 5.41) is 0. The van der Waals surface area contributed by atoms with Crippen LogP contribution in [0.3, 0.4) is 0 Å². The van der Waals surface area contributed by atoms with E-state index in [1.165, 1.54) is 18.4 Å². The highest BCUT2D eigenvalue weighted by molar-refractivity contribution is 5.27. The van der Waals surface area contributed by atoms with E-state index < -0.39 is 0 Å². The SMILES string of the molecule is CN(Cc1ccco1)Cc1cc2c([nH]c1=O)CCCC2. The van der Waals surface area contributed by atoms with Gasteiger partial charge in [-0.05, 0) is 56.5 Å². The van der Waals surface area contributed by atoms with Crippen molar-refractivity contribution in [3.8, 4) is 0 Å². The topological polar surface area (TPSA) is 49.2 Å². The summed E-state index contributed by atoms with van der Waals surface area (Å²) < 4.78 is 5.34. The summed E-state index contributed by atoms with van der Waals surface area (Å²) in [5.41, 5.74) is 3.35. The molecule has 3 rings (SSSR count). The molecule has 0 unspecified atom stereocenters. The summed E-state index contributed by atoms with van der Waals surface area (Å²) >= 11 is 0. The number of fused-ring (bicyclic) bond motifs is 1. The fourth-order valence-corrected chi connectivity index (χ4v) is 2.86. The van der Waals surface area contributed by atoms with Gasteiger partial charge in [0, 0.05) is 17.8 Å². The van der Waals surface area contributed by atoms with Crippen LogP contribution in [0.1, 0.15) is 35.4 Å². The summed E-state index contributed by atoms with van der Waals surface area (Å²) in [5.74, 6) is 0.918. The second-order valence-corrected chi connectivity index (χ2v) is 5.59. The Morgan fingerprint density at radius 2 is 2.15 bits per heavy atom. The zero-order valence-electron chi connectivity index (χ0n) is 11.8. The van der Waals surface area contributed by atoms with Crippen molar-refractivity contribution in [2.45, 2.75) is 38.8 Å². The summed E-state index contributed by atoms with van der Waals surface area (Å²) in [4.78, 5) is 17.3. The molecule has 0 saturated heterocycles. The summed E-state index contributed by atoms with van der Waals surface area (Å²) in [7, 11) is 2.00. The number of aromatic nitrogens is 1. The number of nitrogens with zero attached hydrogens (tertiary/aromatic N) is 1. The van der Waals surface area contributed by atoms with Crippen LogP contribution >= 0.6 is 0 Å². The molecule has 0 radical (unpaired) electrons. The zero-order valence-corrected chi connectivity index (χ0v) is 11.8. The first-order valence-electron chi connectivity index (χ1n) is 7.17. The number of aryl methyl sites for hydroxylation is 2. The highest BCUT2D eigenvalue weighted by atomic mass is 16.3. The lowest BCUT2D eigenvalue weighted by molar-refractivity contribution is 0.286. The third-order valence-electron chi connectivity index (χ3n) is 3.86. The van der Waals surface area contributed by atoms with Gasteiger partial charge in [-0.2, -0.15) is 0 Å². The van der Waals surface area contributed by atoms with Crippen LogP contribution in [-0.2, 0) is 25.9 Å². The zero-order chi connectivity index (χ0) is 13.9. The van der Waals surface area contributed by atoms with E-state index in [4.69, 9.17) is 4.42 Å². The maximum absolute atomic E-state index is 12.1. The number of furan rings is 1. The molecule has 0 bridgehead atoms. The molecule has 1 aliphatic rings. The lowest BCUT2D eigenvalue weighted by Crippen LogP contribution is -2.25. The van der Waals surface area contributed by atoms with Crippen LogP contribution in [0.5, 0.6) is 0 Å². The van der Waals surface area contributed by atoms with Crippen molar-refractivity contribution in [1.29, 1.82) is 0 Å². The molecule has 0 saturated carbocycles. The first-order valence-corrected chi connectivity index (χ1v) is 7.17. The van der Waals surface area contributed by atoms with Gasteiger partial charge in [-0.3, -0.25) is 9.69 Å². The minimum absolute atomic E-state index is 0.0527. The molecule has 0 fully saturated rings. The van der Waals surface area contributed by atoms with Crippen LogP contribution in [0.25, 0.3) is 0 Å². The van der Waals surface area contributed by atoms with E-state index in [0.717, 1.165) is 29.9 Å². The van der Waals surface area contributed by atoms with E-state index in [0.29, 0.717) is 13.1 Å². The monoisotopic (exact) mass is 272 g/mol. The molecule has 0 aliphatic heterocycles. The minimum atomic E-state index is 0.0527. The molecule has 2 aromatic rings. The van der Waals surface area contributed by atoms with E-state index in [9.17, 15) is 4.79 Å². The van der Waals surface area contributed by atoms with Crippen LogP contribution in [-0.4, -0.2) is 16.9 Å². The molecular weight excluding hydrogens is 252 g/mol. The Hall–Kier alpha value is -1.81. The van der Waals surface area contributed by atoms with Gasteiger partial charge in [-0.1, -0.05) is 0 Å². The predicted molar refractivity (Wildman–Crippen MR) is 77.6 cm³/mol. The van der Waals surface area contributed by atoms with Crippen molar-refractivity contribution in [1.82, 2.24) is 9.88 Å². The molecule has 2 heterocycles. The number of hydrogen-bond acceptors (Lipinski definition) is 3. The highest BCUT2D eigenvalue weighted by Gasteiger charge is 2.14. The number of pyridine rings is 1. The van der Waals surface area contributed by atoms with Crippen molar-refractivity contribution in [2.75, 3.05) is 7.05 Å². The summed E-state index contributed by atoms with van der Waals surface area (Å²) in [6, 6.07) is 5.93. The standard InChI is InChI=1S/C16H20N2O2/c1-18(11-14-6-4-8-20-14)10-13-9-12-5-2-3-7-15(12)17-16(13)19/h4,6,8-9H,2-3,5,7,10-11H2,1H3,(H,17,19). The van der Waals surface area contributed by atoms with Gasteiger partial charge >= 0.3 is 0 Å². The van der Waals surface area contributed by atoms with Crippen LogP contribution in [0.2, 0.25) is 0 Å². The lowest BCUT2D eigenvalue weighted by Gasteiger charge is -2.19. The number of H-pyrrole nitrogens is 1. The van der Waals surface area contributed by atoms with Crippen molar-refractivity contribution in [2.24, 2.45) is 0 Å². The number of aromatic amines is 1. The Balaban J connectivity index is 1.75. The van der Waals surface area contributed by atoms with Crippen molar-refractivity contribution < 1.29 is 4.42 Å². The Bertz CT molecular complexity index is 628. The Morgan fingerprint density at radius 3 is 2.95 bits per heavy atom. The fourth-order valence-electron chi connectivity index (χ4n) is 2.86. The molecule has 1 N–H and O–H groups in total. The molecule has 0 aromatic carbocycles. The lowest BCUT2D eigenvalue weighted by atomic mass is 9.95.